The van der Waals surface area contributed by atoms with E-state index in [-0.39, 0.29) is 29.5 Å². The van der Waals surface area contributed by atoms with Crippen molar-refractivity contribution in [1.82, 2.24) is 15.5 Å². The molecule has 4 aliphatic rings. The van der Waals surface area contributed by atoms with Gasteiger partial charge in [-0.05, 0) is 132 Å². The number of nitrogens with two attached hydrogens (primary N) is 3. The zero-order chi connectivity index (χ0) is 44.8. The van der Waals surface area contributed by atoms with Crippen LogP contribution < -0.4 is 27.8 Å². The first-order chi connectivity index (χ1) is 28.8. The minimum atomic E-state index is -0.841. The SMILES string of the molecule is CC(N)=NCCCN(CCCN=C(N)N)C(=O)C(CSSCCNC(=O)OC1CCC2(C)C(=CCC3C2CCC2(C)C(CCCCC(C)C)CCC32)C1)NC(=O)OC(C)(C)C. The molecule has 61 heavy (non-hydrogen) atoms. The number of nitrogens with zero attached hydrogens (tertiary/aromatic N) is 3. The van der Waals surface area contributed by atoms with Crippen LogP contribution in [-0.4, -0.2) is 96.8 Å². The van der Waals surface area contributed by atoms with E-state index < -0.39 is 17.7 Å². The number of aliphatic imine (C=N–C) groups is 2. The quantitative estimate of drug-likeness (QED) is 0.0231. The van der Waals surface area contributed by atoms with E-state index in [0.717, 1.165) is 48.9 Å². The molecular formula is C46H82N8O5S2. The van der Waals surface area contributed by atoms with Crippen molar-refractivity contribution in [3.05, 3.63) is 11.6 Å². The summed E-state index contributed by atoms with van der Waals surface area (Å²) in [5, 5.41) is 5.74. The maximum absolute atomic E-state index is 13.9. The molecule has 8 unspecified atom stereocenters. The van der Waals surface area contributed by atoms with Gasteiger partial charge in [-0.3, -0.25) is 14.8 Å². The number of carbonyl (C=O) groups is 3. The van der Waals surface area contributed by atoms with E-state index in [4.69, 9.17) is 26.7 Å². The molecule has 13 nitrogen and oxygen atoms in total. The zero-order valence-corrected chi connectivity index (χ0v) is 40.5. The largest absolute Gasteiger partial charge is 0.446 e. The maximum Gasteiger partial charge on any atom is 0.408 e. The molecule has 348 valence electrons. The number of unbranched alkanes of at least 4 members (excludes halogenated alkanes) is 1. The summed E-state index contributed by atoms with van der Waals surface area (Å²) in [5.74, 6) is 5.21. The molecule has 4 rings (SSSR count). The van der Waals surface area contributed by atoms with E-state index >= 15 is 0 Å². The predicted octanol–water partition coefficient (Wildman–Crippen LogP) is 8.41. The summed E-state index contributed by atoms with van der Waals surface area (Å²) in [6, 6.07) is -0.841. The molecule has 15 heteroatoms. The number of ether oxygens (including phenoxy) is 2. The Labute approximate surface area is 375 Å². The third kappa shape index (κ3) is 15.4. The first-order valence-corrected chi connectivity index (χ1v) is 25.8. The van der Waals surface area contributed by atoms with Gasteiger partial charge >= 0.3 is 12.2 Å². The monoisotopic (exact) mass is 891 g/mol. The number of nitrogens with one attached hydrogen (secondary N) is 2. The van der Waals surface area contributed by atoms with E-state index in [0.29, 0.717) is 68.3 Å². The number of carbonyl (C=O) groups excluding carboxylic acids is 3. The van der Waals surface area contributed by atoms with Crippen LogP contribution in [0.1, 0.15) is 145 Å². The predicted molar refractivity (Wildman–Crippen MR) is 253 cm³/mol. The second-order valence-corrected chi connectivity index (χ2v) is 22.7. The highest BCUT2D eigenvalue weighted by Gasteiger charge is 2.58. The average molecular weight is 891 g/mol. The number of hydrogen-bond acceptors (Lipinski definition) is 9. The molecule has 0 saturated heterocycles. The van der Waals surface area contributed by atoms with Gasteiger partial charge in [0.1, 0.15) is 17.7 Å². The summed E-state index contributed by atoms with van der Waals surface area (Å²) in [6.45, 7) is 19.0. The topological polar surface area (TPSA) is 200 Å². The average Bonchev–Trinajstić information content (AvgIpc) is 3.51. The summed E-state index contributed by atoms with van der Waals surface area (Å²) in [7, 11) is 2.98. The first-order valence-electron chi connectivity index (χ1n) is 23.3. The van der Waals surface area contributed by atoms with Crippen molar-refractivity contribution in [2.75, 3.05) is 44.2 Å². The molecule has 3 amide bonds. The second-order valence-electron chi connectivity index (χ2n) is 20.1. The fourth-order valence-corrected chi connectivity index (χ4v) is 13.0. The van der Waals surface area contributed by atoms with Crippen molar-refractivity contribution in [1.29, 1.82) is 0 Å². The molecule has 3 fully saturated rings. The Bertz CT molecular complexity index is 1500. The minimum Gasteiger partial charge on any atom is -0.446 e. The van der Waals surface area contributed by atoms with Crippen molar-refractivity contribution < 1.29 is 23.9 Å². The number of amides is 3. The lowest BCUT2D eigenvalue weighted by Crippen LogP contribution is -2.51. The highest BCUT2D eigenvalue weighted by Crippen LogP contribution is 2.66. The van der Waals surface area contributed by atoms with Gasteiger partial charge in [-0.1, -0.05) is 80.2 Å². The van der Waals surface area contributed by atoms with Crippen LogP contribution >= 0.6 is 21.6 Å². The number of hydrogen-bond donors (Lipinski definition) is 5. The Hall–Kier alpha value is -2.81. The standard InChI is InChI=1S/C46H82N8O5S2/c1-31(2)13-9-10-14-33-16-18-37-36-17-15-34-29-35(19-21-46(34,8)38(36)20-22-45(33,37)7)58-42(56)52-25-28-60-61-30-39(53-43(57)59-44(4,5)6)40(55)54(26-11-23-50-32(3)47)27-12-24-51-41(48)49/h15,31,33,35-39H,9-14,16-30H2,1-8H3,(H2,47,50)(H,52,56)(H,53,57)(H4,48,49,51). The van der Waals surface area contributed by atoms with Crippen molar-refractivity contribution >= 4 is 51.5 Å². The summed E-state index contributed by atoms with van der Waals surface area (Å²) < 4.78 is 11.5. The van der Waals surface area contributed by atoms with Gasteiger partial charge in [0.2, 0.25) is 5.91 Å². The molecule has 4 aliphatic carbocycles. The number of rotatable bonds is 22. The Kier molecular flexibility index (Phi) is 19.8. The molecule has 0 radical (unpaired) electrons. The van der Waals surface area contributed by atoms with Gasteiger partial charge in [0.25, 0.3) is 0 Å². The summed E-state index contributed by atoms with van der Waals surface area (Å²) in [6.07, 6.45) is 17.6. The zero-order valence-electron chi connectivity index (χ0n) is 38.9. The van der Waals surface area contributed by atoms with Gasteiger partial charge in [-0.25, -0.2) is 9.59 Å². The minimum absolute atomic E-state index is 0.00548. The Balaban J connectivity index is 1.24. The normalized spacial score (nSPS) is 27.8. The van der Waals surface area contributed by atoms with Crippen molar-refractivity contribution in [2.45, 2.75) is 163 Å². The molecule has 0 heterocycles. The molecular weight excluding hydrogens is 809 g/mol. The third-order valence-corrected chi connectivity index (χ3v) is 16.4. The van der Waals surface area contributed by atoms with E-state index in [1.807, 2.05) is 0 Å². The maximum atomic E-state index is 13.9. The van der Waals surface area contributed by atoms with Crippen LogP contribution in [0.25, 0.3) is 0 Å². The fourth-order valence-electron chi connectivity index (χ4n) is 11.0. The van der Waals surface area contributed by atoms with E-state index in [9.17, 15) is 14.4 Å². The third-order valence-electron chi connectivity index (χ3n) is 14.0. The first kappa shape index (κ1) is 50.8. The molecule has 8 N–H and O–H groups in total. The summed E-state index contributed by atoms with van der Waals surface area (Å²) in [4.78, 5) is 49.8. The molecule has 0 aromatic heterocycles. The van der Waals surface area contributed by atoms with Gasteiger partial charge < -0.3 is 42.2 Å². The van der Waals surface area contributed by atoms with Crippen LogP contribution in [0.3, 0.4) is 0 Å². The van der Waals surface area contributed by atoms with Gasteiger partial charge in [0.15, 0.2) is 5.96 Å². The lowest BCUT2D eigenvalue weighted by atomic mass is 9.47. The van der Waals surface area contributed by atoms with Gasteiger partial charge in [0.05, 0.1) is 5.84 Å². The summed E-state index contributed by atoms with van der Waals surface area (Å²) in [5.41, 5.74) is 18.2. The smallest absolute Gasteiger partial charge is 0.408 e. The second kappa shape index (κ2) is 23.8. The molecule has 0 aliphatic heterocycles. The molecule has 3 saturated carbocycles. The van der Waals surface area contributed by atoms with E-state index in [2.05, 4.69) is 54.4 Å². The van der Waals surface area contributed by atoms with Gasteiger partial charge in [0, 0.05) is 50.7 Å². The van der Waals surface area contributed by atoms with Crippen molar-refractivity contribution in [3.63, 3.8) is 0 Å². The van der Waals surface area contributed by atoms with Crippen molar-refractivity contribution in [2.24, 2.45) is 67.6 Å². The van der Waals surface area contributed by atoms with E-state index in [1.54, 1.807) is 32.6 Å². The van der Waals surface area contributed by atoms with Crippen LogP contribution in [0.15, 0.2) is 21.6 Å². The number of amidine groups is 1. The van der Waals surface area contributed by atoms with Crippen LogP contribution in [-0.2, 0) is 14.3 Å². The molecule has 0 spiro atoms. The number of alkyl carbamates (subject to hydrolysis) is 2. The van der Waals surface area contributed by atoms with Crippen LogP contribution in [0.5, 0.6) is 0 Å². The van der Waals surface area contributed by atoms with Gasteiger partial charge in [-0.2, -0.15) is 0 Å². The number of guanidine groups is 1. The molecule has 0 aromatic carbocycles. The van der Waals surface area contributed by atoms with Crippen molar-refractivity contribution in [3.8, 4) is 0 Å². The van der Waals surface area contributed by atoms with Crippen LogP contribution in [0.2, 0.25) is 0 Å². The summed E-state index contributed by atoms with van der Waals surface area (Å²) >= 11 is 0. The molecule has 8 atom stereocenters. The van der Waals surface area contributed by atoms with Crippen LogP contribution in [0, 0.1) is 40.4 Å². The molecule has 0 bridgehead atoms. The molecule has 0 aromatic rings. The Morgan fingerprint density at radius 1 is 0.934 bits per heavy atom. The number of fused-ring (bicyclic) bond motifs is 5. The highest BCUT2D eigenvalue weighted by molar-refractivity contribution is 8.76. The lowest BCUT2D eigenvalue weighted by molar-refractivity contribution is -0.133. The Morgan fingerprint density at radius 2 is 1.66 bits per heavy atom. The Morgan fingerprint density at radius 3 is 2.33 bits per heavy atom. The van der Waals surface area contributed by atoms with Crippen LogP contribution in [0.4, 0.5) is 9.59 Å². The van der Waals surface area contributed by atoms with Gasteiger partial charge in [-0.15, -0.1) is 0 Å². The lowest BCUT2D eigenvalue weighted by Gasteiger charge is -2.58. The number of allylic oxidation sites excluding steroid dienone is 1. The highest BCUT2D eigenvalue weighted by atomic mass is 33.1. The van der Waals surface area contributed by atoms with E-state index in [1.165, 1.54) is 84.9 Å². The fraction of sp³-hybridized carbons (Fsp3) is 0.848.